The van der Waals surface area contributed by atoms with Gasteiger partial charge in [0.15, 0.2) is 5.78 Å². The zero-order valence-corrected chi connectivity index (χ0v) is 10.8. The molecule has 0 spiro atoms. The summed E-state index contributed by atoms with van der Waals surface area (Å²) in [6.07, 6.45) is -0.860. The topological polar surface area (TPSA) is 42.1 Å². The zero-order valence-electron chi connectivity index (χ0n) is 10.8. The van der Waals surface area contributed by atoms with Crippen molar-refractivity contribution < 1.29 is 14.3 Å². The molecule has 3 heteroatoms. The number of Topliss-reactive ketones (excluding diaryl/α,β-unsaturated/α-hetero) is 1. The van der Waals surface area contributed by atoms with Crippen LogP contribution in [0.1, 0.15) is 23.3 Å². The zero-order chi connectivity index (χ0) is 13.5. The minimum Gasteiger partial charge on any atom is -0.356 e. The van der Waals surface area contributed by atoms with Gasteiger partial charge in [0.1, 0.15) is 24.4 Å². The highest BCUT2D eigenvalue weighted by molar-refractivity contribution is 5.92. The first kappa shape index (κ1) is 11.8. The Bertz CT molecular complexity index is 568. The number of carbonyl (C=O) groups is 1. The average Bonchev–Trinajstić information content (AvgIpc) is 3.40. The molecule has 2 fully saturated rings. The Kier molecular flexibility index (Phi) is 2.69. The smallest absolute Gasteiger partial charge is 0.196 e. The maximum Gasteiger partial charge on any atom is 0.196 e. The largest absolute Gasteiger partial charge is 0.356 e. The van der Waals surface area contributed by atoms with E-state index in [0.29, 0.717) is 0 Å². The van der Waals surface area contributed by atoms with E-state index < -0.39 is 0 Å². The van der Waals surface area contributed by atoms with E-state index in [1.807, 2.05) is 60.7 Å². The van der Waals surface area contributed by atoms with Crippen LogP contribution in [0.5, 0.6) is 0 Å². The molecule has 20 heavy (non-hydrogen) atoms. The van der Waals surface area contributed by atoms with Crippen LogP contribution in [0, 0.1) is 0 Å². The summed E-state index contributed by atoms with van der Waals surface area (Å²) in [5, 5.41) is 0. The van der Waals surface area contributed by atoms with Crippen LogP contribution in [0.3, 0.4) is 0 Å². The highest BCUT2D eigenvalue weighted by Crippen LogP contribution is 2.46. The van der Waals surface area contributed by atoms with Gasteiger partial charge in [-0.1, -0.05) is 60.7 Å². The standard InChI is InChI=1S/C17H14O3/c18-13(16-14(19-16)11-7-3-1-4-8-11)17-15(20-17)12-9-5-2-6-10-12/h1-10,14-17H/t14-,15-,16+,17+/m1/s1. The van der Waals surface area contributed by atoms with Crippen molar-refractivity contribution >= 4 is 5.78 Å². The fourth-order valence-electron chi connectivity index (χ4n) is 2.61. The van der Waals surface area contributed by atoms with Gasteiger partial charge in [0.25, 0.3) is 0 Å². The van der Waals surface area contributed by atoms with Crippen molar-refractivity contribution in [3.8, 4) is 0 Å². The van der Waals surface area contributed by atoms with Gasteiger partial charge in [-0.2, -0.15) is 0 Å². The average molecular weight is 266 g/mol. The molecule has 4 rings (SSSR count). The van der Waals surface area contributed by atoms with Gasteiger partial charge in [-0.3, -0.25) is 4.79 Å². The molecule has 0 N–H and O–H groups in total. The predicted octanol–water partition coefficient (Wildman–Crippen LogP) is 2.84. The lowest BCUT2D eigenvalue weighted by molar-refractivity contribution is -0.121. The molecule has 3 nitrogen and oxygen atoms in total. The summed E-state index contributed by atoms with van der Waals surface area (Å²) in [7, 11) is 0. The van der Waals surface area contributed by atoms with E-state index in [9.17, 15) is 4.79 Å². The van der Waals surface area contributed by atoms with Crippen LogP contribution in [-0.2, 0) is 14.3 Å². The Morgan fingerprint density at radius 2 is 1.10 bits per heavy atom. The molecule has 0 aliphatic carbocycles. The van der Waals surface area contributed by atoms with Crippen molar-refractivity contribution in [2.45, 2.75) is 24.4 Å². The number of rotatable bonds is 4. The third kappa shape index (κ3) is 2.05. The van der Waals surface area contributed by atoms with Crippen molar-refractivity contribution in [2.24, 2.45) is 0 Å². The quantitative estimate of drug-likeness (QED) is 0.799. The normalized spacial score (nSPS) is 30.8. The molecule has 2 aromatic rings. The number of carbonyl (C=O) groups excluding carboxylic acids is 1. The molecule has 0 amide bonds. The fraction of sp³-hybridized carbons (Fsp3) is 0.235. The Morgan fingerprint density at radius 3 is 1.50 bits per heavy atom. The lowest BCUT2D eigenvalue weighted by Gasteiger charge is -1.95. The van der Waals surface area contributed by atoms with Crippen LogP contribution in [0.4, 0.5) is 0 Å². The van der Waals surface area contributed by atoms with Crippen molar-refractivity contribution in [1.29, 1.82) is 0 Å². The van der Waals surface area contributed by atoms with E-state index >= 15 is 0 Å². The second-order valence-electron chi connectivity index (χ2n) is 5.18. The molecule has 2 aliphatic rings. The Morgan fingerprint density at radius 1 is 0.700 bits per heavy atom. The number of epoxide rings is 2. The lowest BCUT2D eigenvalue weighted by Crippen LogP contribution is -2.15. The predicted molar refractivity (Wildman–Crippen MR) is 73.1 cm³/mol. The van der Waals surface area contributed by atoms with Gasteiger partial charge in [0, 0.05) is 0 Å². The summed E-state index contributed by atoms with van der Waals surface area (Å²) < 4.78 is 11.0. The first-order valence-corrected chi connectivity index (χ1v) is 6.79. The number of ether oxygens (including phenoxy) is 2. The summed E-state index contributed by atoms with van der Waals surface area (Å²) in [6, 6.07) is 19.7. The van der Waals surface area contributed by atoms with E-state index in [1.54, 1.807) is 0 Å². The minimum absolute atomic E-state index is 0.0627. The highest BCUT2D eigenvalue weighted by atomic mass is 16.6. The molecule has 2 saturated heterocycles. The van der Waals surface area contributed by atoms with Crippen LogP contribution in [0.25, 0.3) is 0 Å². The molecular formula is C17H14O3. The van der Waals surface area contributed by atoms with Crippen molar-refractivity contribution in [3.05, 3.63) is 71.8 Å². The van der Waals surface area contributed by atoms with Crippen LogP contribution in [-0.4, -0.2) is 18.0 Å². The molecule has 4 atom stereocenters. The molecule has 0 unspecified atom stereocenters. The summed E-state index contributed by atoms with van der Waals surface area (Å²) in [6.45, 7) is 0. The van der Waals surface area contributed by atoms with Crippen molar-refractivity contribution in [2.75, 3.05) is 0 Å². The number of ketones is 1. The molecule has 100 valence electrons. The third-order valence-electron chi connectivity index (χ3n) is 3.80. The van der Waals surface area contributed by atoms with Gasteiger partial charge in [-0.05, 0) is 11.1 Å². The molecule has 2 heterocycles. The maximum absolute atomic E-state index is 12.3. The maximum atomic E-state index is 12.3. The SMILES string of the molecule is O=C([C@@H]1O[C@@H]1c1ccccc1)[C@@H]1O[C@@H]1c1ccccc1. The number of hydrogen-bond acceptors (Lipinski definition) is 3. The van der Waals surface area contributed by atoms with E-state index in [4.69, 9.17) is 9.47 Å². The van der Waals surface area contributed by atoms with Crippen molar-refractivity contribution in [1.82, 2.24) is 0 Å². The van der Waals surface area contributed by atoms with Crippen molar-refractivity contribution in [3.63, 3.8) is 0 Å². The van der Waals surface area contributed by atoms with E-state index in [0.717, 1.165) is 11.1 Å². The second-order valence-corrected chi connectivity index (χ2v) is 5.18. The molecule has 0 aromatic heterocycles. The summed E-state index contributed by atoms with van der Waals surface area (Å²) >= 11 is 0. The fourth-order valence-corrected chi connectivity index (χ4v) is 2.61. The summed E-state index contributed by atoms with van der Waals surface area (Å²) in [4.78, 5) is 12.3. The monoisotopic (exact) mass is 266 g/mol. The van der Waals surface area contributed by atoms with Gasteiger partial charge in [0.05, 0.1) is 0 Å². The van der Waals surface area contributed by atoms with Gasteiger partial charge in [-0.25, -0.2) is 0 Å². The minimum atomic E-state index is -0.337. The van der Waals surface area contributed by atoms with Gasteiger partial charge < -0.3 is 9.47 Å². The molecular weight excluding hydrogens is 252 g/mol. The van der Waals surface area contributed by atoms with Gasteiger partial charge in [-0.15, -0.1) is 0 Å². The second kappa shape index (κ2) is 4.54. The number of hydrogen-bond donors (Lipinski definition) is 0. The van der Waals surface area contributed by atoms with Crippen LogP contribution < -0.4 is 0 Å². The van der Waals surface area contributed by atoms with Gasteiger partial charge in [0.2, 0.25) is 0 Å². The van der Waals surface area contributed by atoms with E-state index in [2.05, 4.69) is 0 Å². The van der Waals surface area contributed by atoms with Gasteiger partial charge >= 0.3 is 0 Å². The summed E-state index contributed by atoms with van der Waals surface area (Å²) in [5.41, 5.74) is 2.12. The molecule has 2 aliphatic heterocycles. The Balaban J connectivity index is 1.42. The number of benzene rings is 2. The first-order valence-electron chi connectivity index (χ1n) is 6.79. The van der Waals surface area contributed by atoms with E-state index in [-0.39, 0.29) is 30.2 Å². The molecule has 0 radical (unpaired) electrons. The Labute approximate surface area is 117 Å². The molecule has 2 aromatic carbocycles. The third-order valence-corrected chi connectivity index (χ3v) is 3.80. The van der Waals surface area contributed by atoms with Crippen LogP contribution >= 0.6 is 0 Å². The Hall–Kier alpha value is -1.97. The van der Waals surface area contributed by atoms with Crippen LogP contribution in [0.15, 0.2) is 60.7 Å². The van der Waals surface area contributed by atoms with E-state index in [1.165, 1.54) is 0 Å². The molecule has 0 saturated carbocycles. The molecule has 0 bridgehead atoms. The first-order chi connectivity index (χ1) is 9.84. The van der Waals surface area contributed by atoms with Crippen LogP contribution in [0.2, 0.25) is 0 Å². The lowest BCUT2D eigenvalue weighted by atomic mass is 10.0. The summed E-state index contributed by atoms with van der Waals surface area (Å²) in [5.74, 6) is 0.0627. The highest BCUT2D eigenvalue weighted by Gasteiger charge is 2.56.